The van der Waals surface area contributed by atoms with Crippen LogP contribution < -0.4 is 11.1 Å². The first-order valence-electron chi connectivity index (χ1n) is 5.31. The molecule has 0 unspecified atom stereocenters. The van der Waals surface area contributed by atoms with Crippen molar-refractivity contribution in [3.05, 3.63) is 29.6 Å². The van der Waals surface area contributed by atoms with Crippen LogP contribution in [-0.2, 0) is 4.79 Å². The molecule has 1 aromatic rings. The van der Waals surface area contributed by atoms with Crippen molar-refractivity contribution < 1.29 is 19.1 Å². The Hall–Kier alpha value is -2.11. The van der Waals surface area contributed by atoms with Gasteiger partial charge in [-0.25, -0.2) is 4.39 Å². The van der Waals surface area contributed by atoms with Crippen LogP contribution in [-0.4, -0.2) is 23.5 Å². The molecule has 4 N–H and O–H groups in total. The highest BCUT2D eigenvalue weighted by Gasteiger charge is 2.27. The highest BCUT2D eigenvalue weighted by Crippen LogP contribution is 2.21. The Bertz CT molecular complexity index is 486. The van der Waals surface area contributed by atoms with Gasteiger partial charge in [-0.15, -0.1) is 0 Å². The highest BCUT2D eigenvalue weighted by molar-refractivity contribution is 5.98. The van der Waals surface area contributed by atoms with E-state index in [0.717, 1.165) is 6.07 Å². The Morgan fingerprint density at radius 2 is 2.06 bits per heavy atom. The number of hydrogen-bond acceptors (Lipinski definition) is 3. The minimum Gasteiger partial charge on any atom is -0.481 e. The Morgan fingerprint density at radius 1 is 1.44 bits per heavy atom. The van der Waals surface area contributed by atoms with Crippen molar-refractivity contribution in [1.82, 2.24) is 0 Å². The number of halogens is 1. The molecule has 0 saturated heterocycles. The molecule has 18 heavy (non-hydrogen) atoms. The number of rotatable bonds is 5. The van der Waals surface area contributed by atoms with Gasteiger partial charge >= 0.3 is 5.97 Å². The molecule has 0 radical (unpaired) electrons. The molecule has 0 atom stereocenters. The molecule has 1 amide bonds. The SMILES string of the molecule is CC(C)(CNc1cccc(F)c1C(N)=O)C(=O)O. The van der Waals surface area contributed by atoms with Gasteiger partial charge in [0.15, 0.2) is 0 Å². The number of nitrogens with one attached hydrogen (secondary N) is 1. The second-order valence-corrected chi connectivity index (χ2v) is 4.57. The molecule has 0 aliphatic carbocycles. The third-order valence-electron chi connectivity index (χ3n) is 2.56. The minimum absolute atomic E-state index is 0.0477. The lowest BCUT2D eigenvalue weighted by Crippen LogP contribution is -2.32. The average molecular weight is 254 g/mol. The van der Waals surface area contributed by atoms with Crippen molar-refractivity contribution in [3.63, 3.8) is 0 Å². The molecule has 98 valence electrons. The average Bonchev–Trinajstić information content (AvgIpc) is 2.25. The first-order chi connectivity index (χ1) is 8.25. The number of carboxylic acids is 1. The molecular formula is C12H15FN2O3. The number of hydrogen-bond donors (Lipinski definition) is 3. The van der Waals surface area contributed by atoms with Gasteiger partial charge in [-0.1, -0.05) is 6.07 Å². The minimum atomic E-state index is -1.04. The second-order valence-electron chi connectivity index (χ2n) is 4.57. The number of carboxylic acid groups (broad SMARTS) is 1. The Labute approximate surface area is 104 Å². The molecule has 0 fully saturated rings. The van der Waals surface area contributed by atoms with Crippen molar-refractivity contribution in [1.29, 1.82) is 0 Å². The smallest absolute Gasteiger partial charge is 0.310 e. The first-order valence-corrected chi connectivity index (χ1v) is 5.31. The van der Waals surface area contributed by atoms with Crippen LogP contribution in [0, 0.1) is 11.2 Å². The lowest BCUT2D eigenvalue weighted by molar-refractivity contribution is -0.146. The standard InChI is InChI=1S/C12H15FN2O3/c1-12(2,11(17)18)6-15-8-5-3-4-7(13)9(8)10(14)16/h3-5,15H,6H2,1-2H3,(H2,14,16)(H,17,18). The summed E-state index contributed by atoms with van der Waals surface area (Å²) in [5, 5.41) is 11.7. The van der Waals surface area contributed by atoms with Crippen LogP contribution in [0.4, 0.5) is 10.1 Å². The van der Waals surface area contributed by atoms with Gasteiger partial charge in [0, 0.05) is 12.2 Å². The summed E-state index contributed by atoms with van der Waals surface area (Å²) in [6.45, 7) is 3.09. The van der Waals surface area contributed by atoms with Crippen LogP contribution in [0.25, 0.3) is 0 Å². The zero-order chi connectivity index (χ0) is 13.9. The van der Waals surface area contributed by atoms with Crippen molar-refractivity contribution in [3.8, 4) is 0 Å². The Balaban J connectivity index is 2.96. The molecule has 0 saturated carbocycles. The third-order valence-corrected chi connectivity index (χ3v) is 2.56. The Kier molecular flexibility index (Phi) is 3.90. The highest BCUT2D eigenvalue weighted by atomic mass is 19.1. The molecule has 6 heteroatoms. The lowest BCUT2D eigenvalue weighted by atomic mass is 9.93. The van der Waals surface area contributed by atoms with Gasteiger partial charge in [-0.3, -0.25) is 9.59 Å². The van der Waals surface area contributed by atoms with E-state index in [9.17, 15) is 14.0 Å². The van der Waals surface area contributed by atoms with Crippen molar-refractivity contribution in [2.45, 2.75) is 13.8 Å². The van der Waals surface area contributed by atoms with Crippen LogP contribution in [0.15, 0.2) is 18.2 Å². The van der Waals surface area contributed by atoms with E-state index in [1.54, 1.807) is 0 Å². The molecule has 0 aliphatic heterocycles. The quantitative estimate of drug-likeness (QED) is 0.741. The van der Waals surface area contributed by atoms with Gasteiger partial charge in [0.05, 0.1) is 11.0 Å². The topological polar surface area (TPSA) is 92.4 Å². The van der Waals surface area contributed by atoms with Crippen LogP contribution in [0.2, 0.25) is 0 Å². The maximum atomic E-state index is 13.4. The van der Waals surface area contributed by atoms with E-state index in [4.69, 9.17) is 10.8 Å². The summed E-state index contributed by atoms with van der Waals surface area (Å²) in [6, 6.07) is 4.01. The van der Waals surface area contributed by atoms with E-state index in [0.29, 0.717) is 0 Å². The monoisotopic (exact) mass is 254 g/mol. The largest absolute Gasteiger partial charge is 0.481 e. The van der Waals surface area contributed by atoms with Gasteiger partial charge in [0.1, 0.15) is 5.82 Å². The van der Waals surface area contributed by atoms with Crippen LogP contribution in [0.3, 0.4) is 0 Å². The van der Waals surface area contributed by atoms with Crippen LogP contribution in [0.5, 0.6) is 0 Å². The summed E-state index contributed by atoms with van der Waals surface area (Å²) in [6.07, 6.45) is 0. The molecular weight excluding hydrogens is 239 g/mol. The summed E-state index contributed by atoms with van der Waals surface area (Å²) >= 11 is 0. The van der Waals surface area contributed by atoms with Crippen LogP contribution >= 0.6 is 0 Å². The first kappa shape index (κ1) is 14.0. The van der Waals surface area contributed by atoms with Gasteiger partial charge < -0.3 is 16.2 Å². The molecule has 0 spiro atoms. The van der Waals surface area contributed by atoms with Gasteiger partial charge in [0.25, 0.3) is 5.91 Å². The Morgan fingerprint density at radius 3 is 2.56 bits per heavy atom. The molecule has 0 heterocycles. The summed E-state index contributed by atoms with van der Waals surface area (Å²) in [7, 11) is 0. The van der Waals surface area contributed by atoms with Gasteiger partial charge in [-0.2, -0.15) is 0 Å². The van der Waals surface area contributed by atoms with E-state index in [2.05, 4.69) is 5.32 Å². The van der Waals surface area contributed by atoms with E-state index in [1.165, 1.54) is 26.0 Å². The number of amides is 1. The number of primary amides is 1. The molecule has 1 aromatic carbocycles. The van der Waals surface area contributed by atoms with Crippen LogP contribution in [0.1, 0.15) is 24.2 Å². The maximum absolute atomic E-state index is 13.4. The number of aliphatic carboxylic acids is 1. The molecule has 5 nitrogen and oxygen atoms in total. The zero-order valence-corrected chi connectivity index (χ0v) is 10.2. The van der Waals surface area contributed by atoms with E-state index in [-0.39, 0.29) is 17.8 Å². The summed E-state index contributed by atoms with van der Waals surface area (Å²) in [5.41, 5.74) is 3.97. The van der Waals surface area contributed by atoms with E-state index in [1.807, 2.05) is 0 Å². The predicted molar refractivity (Wildman–Crippen MR) is 64.8 cm³/mol. The zero-order valence-electron chi connectivity index (χ0n) is 10.2. The fourth-order valence-electron chi connectivity index (χ4n) is 1.31. The van der Waals surface area contributed by atoms with Gasteiger partial charge in [-0.05, 0) is 26.0 Å². The molecule has 1 rings (SSSR count). The number of benzene rings is 1. The predicted octanol–water partition coefficient (Wildman–Crippen LogP) is 1.45. The second kappa shape index (κ2) is 5.03. The lowest BCUT2D eigenvalue weighted by Gasteiger charge is -2.21. The van der Waals surface area contributed by atoms with E-state index >= 15 is 0 Å². The summed E-state index contributed by atoms with van der Waals surface area (Å²) in [5.74, 6) is -2.63. The molecule has 0 bridgehead atoms. The normalized spacial score (nSPS) is 11.1. The molecule has 0 aromatic heterocycles. The van der Waals surface area contributed by atoms with Gasteiger partial charge in [0.2, 0.25) is 0 Å². The summed E-state index contributed by atoms with van der Waals surface area (Å²) < 4.78 is 13.4. The van der Waals surface area contributed by atoms with Crippen molar-refractivity contribution in [2.24, 2.45) is 11.1 Å². The van der Waals surface area contributed by atoms with Crippen molar-refractivity contribution in [2.75, 3.05) is 11.9 Å². The number of anilines is 1. The third kappa shape index (κ3) is 2.97. The summed E-state index contributed by atoms with van der Waals surface area (Å²) in [4.78, 5) is 22.0. The van der Waals surface area contributed by atoms with E-state index < -0.39 is 23.1 Å². The number of carbonyl (C=O) groups is 2. The fourth-order valence-corrected chi connectivity index (χ4v) is 1.31. The number of nitrogens with two attached hydrogens (primary N) is 1. The molecule has 0 aliphatic rings. The fraction of sp³-hybridized carbons (Fsp3) is 0.333. The van der Waals surface area contributed by atoms with Crippen molar-refractivity contribution >= 4 is 17.6 Å². The maximum Gasteiger partial charge on any atom is 0.310 e. The number of carbonyl (C=O) groups excluding carboxylic acids is 1.